The number of nitrogens with one attached hydrogen (secondary N) is 1. The summed E-state index contributed by atoms with van der Waals surface area (Å²) < 4.78 is 5.18. The summed E-state index contributed by atoms with van der Waals surface area (Å²) in [5, 5.41) is 3.12. The molecule has 0 bridgehead atoms. The first kappa shape index (κ1) is 15.2. The van der Waals surface area contributed by atoms with E-state index in [0.29, 0.717) is 11.8 Å². The van der Waals surface area contributed by atoms with Crippen molar-refractivity contribution in [2.45, 2.75) is 23.8 Å². The molecular weight excluding hydrogens is 272 g/mol. The number of carbonyl (C=O) groups is 1. The number of likely N-dealkylation sites (N-methyl/N-ethyl adjacent to an activating group) is 1. The molecule has 1 aliphatic rings. The van der Waals surface area contributed by atoms with Crippen LogP contribution in [0.4, 0.5) is 0 Å². The second-order valence-corrected chi connectivity index (χ2v) is 6.19. The molecule has 20 heavy (non-hydrogen) atoms. The lowest BCUT2D eigenvalue weighted by molar-refractivity contribution is -0.119. The predicted octanol–water partition coefficient (Wildman–Crippen LogP) is 2.00. The van der Waals surface area contributed by atoms with Crippen LogP contribution in [0.25, 0.3) is 0 Å². The SMILES string of the molecule is COc1cccc(SCC(=O)N[C@H]2CCCN(C)C2)c1. The molecule has 0 unspecified atom stereocenters. The number of thioether (sulfide) groups is 1. The maximum atomic E-state index is 12.0. The van der Waals surface area contributed by atoms with E-state index >= 15 is 0 Å². The third-order valence-electron chi connectivity index (χ3n) is 3.40. The lowest BCUT2D eigenvalue weighted by Crippen LogP contribution is -2.46. The molecule has 1 atom stereocenters. The Balaban J connectivity index is 1.76. The molecule has 1 heterocycles. The molecule has 2 rings (SSSR count). The average Bonchev–Trinajstić information content (AvgIpc) is 2.45. The zero-order chi connectivity index (χ0) is 14.4. The van der Waals surface area contributed by atoms with Gasteiger partial charge in [0.2, 0.25) is 5.91 Å². The van der Waals surface area contributed by atoms with Crippen molar-refractivity contribution >= 4 is 17.7 Å². The Morgan fingerprint density at radius 1 is 1.55 bits per heavy atom. The molecule has 0 saturated carbocycles. The summed E-state index contributed by atoms with van der Waals surface area (Å²) in [6.07, 6.45) is 2.24. The summed E-state index contributed by atoms with van der Waals surface area (Å²) in [7, 11) is 3.75. The van der Waals surface area contributed by atoms with Gasteiger partial charge < -0.3 is 15.0 Å². The zero-order valence-electron chi connectivity index (χ0n) is 12.1. The molecule has 0 radical (unpaired) electrons. The van der Waals surface area contributed by atoms with E-state index in [1.165, 1.54) is 0 Å². The number of likely N-dealkylation sites (tertiary alicyclic amines) is 1. The first-order valence-electron chi connectivity index (χ1n) is 6.92. The second-order valence-electron chi connectivity index (χ2n) is 5.14. The maximum Gasteiger partial charge on any atom is 0.230 e. The topological polar surface area (TPSA) is 41.6 Å². The van der Waals surface area contributed by atoms with E-state index in [1.54, 1.807) is 18.9 Å². The van der Waals surface area contributed by atoms with E-state index < -0.39 is 0 Å². The highest BCUT2D eigenvalue weighted by molar-refractivity contribution is 8.00. The van der Waals surface area contributed by atoms with Crippen LogP contribution in [0.5, 0.6) is 5.75 Å². The van der Waals surface area contributed by atoms with Crippen molar-refractivity contribution in [3.8, 4) is 5.75 Å². The van der Waals surface area contributed by atoms with Crippen LogP contribution in [0.2, 0.25) is 0 Å². The number of nitrogens with zero attached hydrogens (tertiary/aromatic N) is 1. The van der Waals surface area contributed by atoms with Crippen molar-refractivity contribution in [2.24, 2.45) is 0 Å². The number of benzene rings is 1. The van der Waals surface area contributed by atoms with Crippen LogP contribution in [0.3, 0.4) is 0 Å². The van der Waals surface area contributed by atoms with Gasteiger partial charge in [0.05, 0.1) is 12.9 Å². The summed E-state index contributed by atoms with van der Waals surface area (Å²) in [6.45, 7) is 2.08. The average molecular weight is 294 g/mol. The minimum Gasteiger partial charge on any atom is -0.497 e. The summed E-state index contributed by atoms with van der Waals surface area (Å²) >= 11 is 1.54. The highest BCUT2D eigenvalue weighted by Crippen LogP contribution is 2.22. The standard InChI is InChI=1S/C15H22N2O2S/c1-17-8-4-5-12(10-17)16-15(18)11-20-14-7-3-6-13(9-14)19-2/h3,6-7,9,12H,4-5,8,10-11H2,1-2H3,(H,16,18)/t12-/m0/s1. The van der Waals surface area contributed by atoms with Crippen LogP contribution in [-0.2, 0) is 4.79 Å². The van der Waals surface area contributed by atoms with Crippen LogP contribution >= 0.6 is 11.8 Å². The Bertz CT molecular complexity index is 453. The van der Waals surface area contributed by atoms with E-state index in [4.69, 9.17) is 4.74 Å². The predicted molar refractivity (Wildman–Crippen MR) is 82.4 cm³/mol. The van der Waals surface area contributed by atoms with Gasteiger partial charge in [-0.3, -0.25) is 4.79 Å². The van der Waals surface area contributed by atoms with Gasteiger partial charge in [-0.2, -0.15) is 0 Å². The van der Waals surface area contributed by atoms with Gasteiger partial charge in [-0.05, 0) is 44.6 Å². The molecule has 1 aromatic carbocycles. The lowest BCUT2D eigenvalue weighted by Gasteiger charge is -2.30. The van der Waals surface area contributed by atoms with Crippen molar-refractivity contribution in [1.29, 1.82) is 0 Å². The summed E-state index contributed by atoms with van der Waals surface area (Å²) in [6, 6.07) is 8.09. The van der Waals surface area contributed by atoms with E-state index in [9.17, 15) is 4.79 Å². The molecule has 110 valence electrons. The number of piperidine rings is 1. The van der Waals surface area contributed by atoms with E-state index in [2.05, 4.69) is 17.3 Å². The molecule has 0 aliphatic carbocycles. The molecule has 1 amide bonds. The lowest BCUT2D eigenvalue weighted by atomic mass is 10.1. The summed E-state index contributed by atoms with van der Waals surface area (Å²) in [4.78, 5) is 15.3. The number of methoxy groups -OCH3 is 1. The molecule has 1 saturated heterocycles. The number of amides is 1. The second kappa shape index (κ2) is 7.55. The van der Waals surface area contributed by atoms with Crippen molar-refractivity contribution in [2.75, 3.05) is 33.0 Å². The quantitative estimate of drug-likeness (QED) is 0.843. The first-order chi connectivity index (χ1) is 9.67. The van der Waals surface area contributed by atoms with Gasteiger partial charge in [-0.1, -0.05) is 6.07 Å². The van der Waals surface area contributed by atoms with Gasteiger partial charge in [0.1, 0.15) is 5.75 Å². The molecule has 1 aliphatic heterocycles. The fourth-order valence-corrected chi connectivity index (χ4v) is 3.15. The third kappa shape index (κ3) is 4.72. The van der Waals surface area contributed by atoms with Crippen molar-refractivity contribution < 1.29 is 9.53 Å². The molecule has 1 fully saturated rings. The zero-order valence-corrected chi connectivity index (χ0v) is 12.9. The van der Waals surface area contributed by atoms with Crippen LogP contribution < -0.4 is 10.1 Å². The molecular formula is C15H22N2O2S. The van der Waals surface area contributed by atoms with E-state index in [1.807, 2.05) is 24.3 Å². The van der Waals surface area contributed by atoms with Gasteiger partial charge in [-0.25, -0.2) is 0 Å². The molecule has 1 N–H and O–H groups in total. The monoisotopic (exact) mass is 294 g/mol. The van der Waals surface area contributed by atoms with Gasteiger partial charge in [-0.15, -0.1) is 11.8 Å². The molecule has 0 spiro atoms. The number of hydrogen-bond donors (Lipinski definition) is 1. The molecule has 5 heteroatoms. The van der Waals surface area contributed by atoms with E-state index in [0.717, 1.165) is 36.6 Å². The fourth-order valence-electron chi connectivity index (χ4n) is 2.39. The number of hydrogen-bond acceptors (Lipinski definition) is 4. The Kier molecular flexibility index (Phi) is 5.73. The Morgan fingerprint density at radius 3 is 3.15 bits per heavy atom. The Morgan fingerprint density at radius 2 is 2.40 bits per heavy atom. The highest BCUT2D eigenvalue weighted by atomic mass is 32.2. The number of ether oxygens (including phenoxy) is 1. The molecule has 0 aromatic heterocycles. The van der Waals surface area contributed by atoms with Gasteiger partial charge in [0.15, 0.2) is 0 Å². The minimum absolute atomic E-state index is 0.109. The molecule has 4 nitrogen and oxygen atoms in total. The van der Waals surface area contributed by atoms with Crippen molar-refractivity contribution in [3.63, 3.8) is 0 Å². The van der Waals surface area contributed by atoms with E-state index in [-0.39, 0.29) is 5.91 Å². The van der Waals surface area contributed by atoms with Crippen LogP contribution in [0.1, 0.15) is 12.8 Å². The van der Waals surface area contributed by atoms with Gasteiger partial charge in [0, 0.05) is 17.5 Å². The van der Waals surface area contributed by atoms with Crippen LogP contribution in [0, 0.1) is 0 Å². The number of rotatable bonds is 5. The first-order valence-corrected chi connectivity index (χ1v) is 7.90. The molecule has 1 aromatic rings. The van der Waals surface area contributed by atoms with Crippen molar-refractivity contribution in [1.82, 2.24) is 10.2 Å². The third-order valence-corrected chi connectivity index (χ3v) is 4.39. The van der Waals surface area contributed by atoms with Crippen molar-refractivity contribution in [3.05, 3.63) is 24.3 Å². The Hall–Kier alpha value is -1.20. The summed E-state index contributed by atoms with van der Waals surface area (Å²) in [5.41, 5.74) is 0. The minimum atomic E-state index is 0.109. The summed E-state index contributed by atoms with van der Waals surface area (Å²) in [5.74, 6) is 1.38. The normalized spacial score (nSPS) is 19.6. The maximum absolute atomic E-state index is 12.0. The van der Waals surface area contributed by atoms with Crippen LogP contribution in [-0.4, -0.2) is 49.8 Å². The van der Waals surface area contributed by atoms with Crippen LogP contribution in [0.15, 0.2) is 29.2 Å². The fraction of sp³-hybridized carbons (Fsp3) is 0.533. The van der Waals surface area contributed by atoms with Gasteiger partial charge in [0.25, 0.3) is 0 Å². The van der Waals surface area contributed by atoms with Gasteiger partial charge >= 0.3 is 0 Å². The number of carbonyl (C=O) groups excluding carboxylic acids is 1. The smallest absolute Gasteiger partial charge is 0.230 e. The Labute approximate surface area is 124 Å². The highest BCUT2D eigenvalue weighted by Gasteiger charge is 2.18. The largest absolute Gasteiger partial charge is 0.497 e.